The number of furan rings is 1. The maximum atomic E-state index is 12.8. The van der Waals surface area contributed by atoms with Gasteiger partial charge in [-0.05, 0) is 62.1 Å². The number of aromatic nitrogens is 2. The minimum atomic E-state index is -0.630. The molecule has 0 radical (unpaired) electrons. The minimum Gasteiger partial charge on any atom is -0.487 e. The summed E-state index contributed by atoms with van der Waals surface area (Å²) in [5, 5.41) is 5.47. The number of likely N-dealkylation sites (N-methyl/N-ethyl adjacent to an activating group) is 1. The van der Waals surface area contributed by atoms with E-state index in [0.717, 1.165) is 29.8 Å². The first-order chi connectivity index (χ1) is 16.0. The maximum absolute atomic E-state index is 12.8. The van der Waals surface area contributed by atoms with Gasteiger partial charge in [-0.3, -0.25) is 9.59 Å². The fourth-order valence-corrected chi connectivity index (χ4v) is 3.83. The lowest BCUT2D eigenvalue weighted by molar-refractivity contribution is -0.124. The summed E-state index contributed by atoms with van der Waals surface area (Å²) < 4.78 is 16.9. The highest BCUT2D eigenvalue weighted by Gasteiger charge is 2.31. The number of rotatable bonds is 8. The predicted molar refractivity (Wildman–Crippen MR) is 121 cm³/mol. The topological polar surface area (TPSA) is 118 Å². The standard InChI is InChI=1S/C24H28N4O5/c1-15-19(27-14-26-15)13-32-18-5-3-16(4-6-18)20-7-8-21(33-20)23(29)28-22(24(30)25-2)17-9-11-31-12-10-17/h3-8,14,17,22H,9-13H2,1-2H3,(H,25,30)(H,26,27)(H,28,29)/t22-/m0/s1. The van der Waals surface area contributed by atoms with Crippen LogP contribution in [0, 0.1) is 12.8 Å². The van der Waals surface area contributed by atoms with Crippen LogP contribution in [0.15, 0.2) is 47.1 Å². The van der Waals surface area contributed by atoms with Crippen LogP contribution in [-0.4, -0.2) is 48.1 Å². The molecule has 1 atom stereocenters. The summed E-state index contributed by atoms with van der Waals surface area (Å²) in [6.07, 6.45) is 3.08. The number of ether oxygens (including phenoxy) is 2. The van der Waals surface area contributed by atoms with Gasteiger partial charge in [0, 0.05) is 31.5 Å². The third kappa shape index (κ3) is 5.43. The lowest BCUT2D eigenvalue weighted by Crippen LogP contribution is -2.51. The number of benzene rings is 1. The summed E-state index contributed by atoms with van der Waals surface area (Å²) in [5.74, 6) is 0.793. The van der Waals surface area contributed by atoms with Gasteiger partial charge in [-0.25, -0.2) is 4.98 Å². The molecule has 1 aliphatic heterocycles. The summed E-state index contributed by atoms with van der Waals surface area (Å²) in [7, 11) is 1.56. The van der Waals surface area contributed by atoms with Crippen LogP contribution >= 0.6 is 0 Å². The van der Waals surface area contributed by atoms with Crippen molar-refractivity contribution in [3.8, 4) is 17.1 Å². The number of carbonyl (C=O) groups is 2. The molecule has 174 valence electrons. The molecule has 9 heteroatoms. The fourth-order valence-electron chi connectivity index (χ4n) is 3.83. The summed E-state index contributed by atoms with van der Waals surface area (Å²) in [4.78, 5) is 32.4. The Morgan fingerprint density at radius 1 is 1.18 bits per heavy atom. The van der Waals surface area contributed by atoms with Gasteiger partial charge < -0.3 is 29.5 Å². The smallest absolute Gasteiger partial charge is 0.287 e. The van der Waals surface area contributed by atoms with Crippen LogP contribution in [0.1, 0.15) is 34.8 Å². The molecule has 4 rings (SSSR count). The van der Waals surface area contributed by atoms with E-state index in [1.165, 1.54) is 0 Å². The molecule has 0 saturated carbocycles. The Hall–Kier alpha value is -3.59. The summed E-state index contributed by atoms with van der Waals surface area (Å²) in [5.41, 5.74) is 2.64. The number of imidazole rings is 1. The van der Waals surface area contributed by atoms with E-state index in [9.17, 15) is 9.59 Å². The first-order valence-electron chi connectivity index (χ1n) is 11.0. The molecule has 3 heterocycles. The van der Waals surface area contributed by atoms with Crippen LogP contribution < -0.4 is 15.4 Å². The zero-order chi connectivity index (χ0) is 23.2. The highest BCUT2D eigenvalue weighted by atomic mass is 16.5. The van der Waals surface area contributed by atoms with Crippen molar-refractivity contribution in [2.24, 2.45) is 5.92 Å². The Balaban J connectivity index is 1.39. The van der Waals surface area contributed by atoms with Gasteiger partial charge in [0.2, 0.25) is 5.91 Å². The van der Waals surface area contributed by atoms with Crippen LogP contribution in [0.2, 0.25) is 0 Å². The van der Waals surface area contributed by atoms with Gasteiger partial charge in [0.1, 0.15) is 24.2 Å². The molecule has 1 saturated heterocycles. The zero-order valence-corrected chi connectivity index (χ0v) is 18.7. The van der Waals surface area contributed by atoms with Crippen LogP contribution in [0.3, 0.4) is 0 Å². The molecule has 0 unspecified atom stereocenters. The third-order valence-corrected chi connectivity index (χ3v) is 5.83. The van der Waals surface area contributed by atoms with E-state index in [1.54, 1.807) is 25.5 Å². The van der Waals surface area contributed by atoms with Crippen molar-refractivity contribution in [1.82, 2.24) is 20.6 Å². The van der Waals surface area contributed by atoms with E-state index in [4.69, 9.17) is 13.9 Å². The predicted octanol–water partition coefficient (Wildman–Crippen LogP) is 2.83. The average molecular weight is 453 g/mol. The lowest BCUT2D eigenvalue weighted by Gasteiger charge is -2.29. The van der Waals surface area contributed by atoms with E-state index in [2.05, 4.69) is 20.6 Å². The molecule has 0 aliphatic carbocycles. The molecule has 2 aromatic heterocycles. The zero-order valence-electron chi connectivity index (χ0n) is 18.7. The molecular formula is C24H28N4O5. The Morgan fingerprint density at radius 2 is 1.94 bits per heavy atom. The summed E-state index contributed by atoms with van der Waals surface area (Å²) >= 11 is 0. The number of aromatic amines is 1. The number of hydrogen-bond acceptors (Lipinski definition) is 6. The van der Waals surface area contributed by atoms with Crippen LogP contribution in [-0.2, 0) is 16.1 Å². The van der Waals surface area contributed by atoms with Crippen molar-refractivity contribution in [3.05, 3.63) is 59.9 Å². The molecule has 3 N–H and O–H groups in total. The maximum Gasteiger partial charge on any atom is 0.287 e. The number of nitrogens with zero attached hydrogens (tertiary/aromatic N) is 1. The SMILES string of the molecule is CNC(=O)[C@@H](NC(=O)c1ccc(-c2ccc(OCc3nc[nH]c3C)cc2)o1)C1CCOCC1. The molecule has 1 aliphatic rings. The van der Waals surface area contributed by atoms with Crippen LogP contribution in [0.5, 0.6) is 5.75 Å². The molecule has 33 heavy (non-hydrogen) atoms. The molecule has 3 aromatic rings. The van der Waals surface area contributed by atoms with Crippen molar-refractivity contribution in [1.29, 1.82) is 0 Å². The van der Waals surface area contributed by atoms with E-state index in [0.29, 0.717) is 31.3 Å². The number of aryl methyl sites for hydroxylation is 1. The molecule has 0 spiro atoms. The Bertz CT molecular complexity index is 1080. The largest absolute Gasteiger partial charge is 0.487 e. The van der Waals surface area contributed by atoms with E-state index in [-0.39, 0.29) is 17.6 Å². The average Bonchev–Trinajstić information content (AvgIpc) is 3.51. The lowest BCUT2D eigenvalue weighted by atomic mass is 9.91. The Labute approximate surface area is 191 Å². The van der Waals surface area contributed by atoms with Gasteiger partial charge in [0.05, 0.1) is 12.0 Å². The third-order valence-electron chi connectivity index (χ3n) is 5.83. The second-order valence-corrected chi connectivity index (χ2v) is 7.97. The molecule has 2 amide bonds. The minimum absolute atomic E-state index is 0.0230. The first-order valence-corrected chi connectivity index (χ1v) is 11.0. The fraction of sp³-hybridized carbons (Fsp3) is 0.375. The summed E-state index contributed by atoms with van der Waals surface area (Å²) in [6.45, 7) is 3.49. The second kappa shape index (κ2) is 10.4. The number of hydrogen-bond donors (Lipinski definition) is 3. The normalized spacial score (nSPS) is 15.1. The van der Waals surface area contributed by atoms with Crippen molar-refractivity contribution in [2.45, 2.75) is 32.4 Å². The molecular weight excluding hydrogens is 424 g/mol. The van der Waals surface area contributed by atoms with Gasteiger partial charge in [0.15, 0.2) is 5.76 Å². The number of H-pyrrole nitrogens is 1. The van der Waals surface area contributed by atoms with E-state index < -0.39 is 11.9 Å². The number of amides is 2. The number of carbonyl (C=O) groups excluding carboxylic acids is 2. The molecule has 1 aromatic carbocycles. The molecule has 0 bridgehead atoms. The van der Waals surface area contributed by atoms with Gasteiger partial charge in [-0.2, -0.15) is 0 Å². The molecule has 9 nitrogen and oxygen atoms in total. The highest BCUT2D eigenvalue weighted by molar-refractivity contribution is 5.96. The van der Waals surface area contributed by atoms with Crippen molar-refractivity contribution < 1.29 is 23.5 Å². The second-order valence-electron chi connectivity index (χ2n) is 7.97. The van der Waals surface area contributed by atoms with E-state index in [1.807, 2.05) is 31.2 Å². The van der Waals surface area contributed by atoms with Crippen molar-refractivity contribution in [2.75, 3.05) is 20.3 Å². The van der Waals surface area contributed by atoms with Gasteiger partial charge in [-0.1, -0.05) is 0 Å². The monoisotopic (exact) mass is 452 g/mol. The first kappa shape index (κ1) is 22.6. The van der Waals surface area contributed by atoms with Gasteiger partial charge in [0.25, 0.3) is 5.91 Å². The van der Waals surface area contributed by atoms with E-state index >= 15 is 0 Å². The van der Waals surface area contributed by atoms with Gasteiger partial charge >= 0.3 is 0 Å². The van der Waals surface area contributed by atoms with Crippen molar-refractivity contribution >= 4 is 11.8 Å². The summed E-state index contributed by atoms with van der Waals surface area (Å²) in [6, 6.07) is 10.1. The van der Waals surface area contributed by atoms with Crippen LogP contribution in [0.4, 0.5) is 0 Å². The Kier molecular flexibility index (Phi) is 7.09. The Morgan fingerprint density at radius 3 is 2.61 bits per heavy atom. The number of nitrogens with one attached hydrogen (secondary N) is 3. The van der Waals surface area contributed by atoms with Crippen LogP contribution in [0.25, 0.3) is 11.3 Å². The van der Waals surface area contributed by atoms with Gasteiger partial charge in [-0.15, -0.1) is 0 Å². The highest BCUT2D eigenvalue weighted by Crippen LogP contribution is 2.26. The quantitative estimate of drug-likeness (QED) is 0.484. The van der Waals surface area contributed by atoms with Crippen molar-refractivity contribution in [3.63, 3.8) is 0 Å². The molecule has 1 fully saturated rings.